The average Bonchev–Trinajstić information content (AvgIpc) is 3.30. The van der Waals surface area contributed by atoms with Gasteiger partial charge in [0.2, 0.25) is 0 Å². The van der Waals surface area contributed by atoms with Crippen molar-refractivity contribution in [2.24, 2.45) is 5.92 Å². The smallest absolute Gasteiger partial charge is 0.407 e. The Labute approximate surface area is 234 Å². The van der Waals surface area contributed by atoms with Crippen LogP contribution in [0.1, 0.15) is 72.9 Å². The van der Waals surface area contributed by atoms with E-state index in [-0.39, 0.29) is 6.61 Å². The summed E-state index contributed by atoms with van der Waals surface area (Å²) in [5, 5.41) is 19.2. The fourth-order valence-electron chi connectivity index (χ4n) is 3.42. The summed E-state index contributed by atoms with van der Waals surface area (Å²) < 4.78 is 12.7. The number of nitrogens with zero attached hydrogens (tertiary/aromatic N) is 3. The zero-order valence-electron chi connectivity index (χ0n) is 25.3. The standard InChI is InChI=1S/C22H28N4O4.C6H15N.C2H6/c1-15-10-16(6-7-17(15)12-23-21(28)30-22(2,3)4)20-19-11-18(29-9-5-8-27)13-26(19)25-14-24-20;1-4-7-5-6(2)3;1-2/h6-7,10-11,13-14,27H,5,8-9,12H2,1-4H3,(H,23,28);6-7H,4-5H2,1-3H3;1-2H3. The molecule has 3 rings (SSSR count). The molecule has 0 saturated carbocycles. The van der Waals surface area contributed by atoms with Crippen LogP contribution < -0.4 is 15.4 Å². The van der Waals surface area contributed by atoms with Crippen LogP contribution in [-0.4, -0.2) is 57.7 Å². The number of carbonyl (C=O) groups excluding carboxylic acids is 1. The molecule has 0 atom stereocenters. The maximum Gasteiger partial charge on any atom is 0.407 e. The second-order valence-electron chi connectivity index (χ2n) is 10.2. The lowest BCUT2D eigenvalue weighted by Gasteiger charge is -2.20. The molecule has 39 heavy (non-hydrogen) atoms. The van der Waals surface area contributed by atoms with Crippen molar-refractivity contribution in [3.8, 4) is 17.0 Å². The number of aromatic nitrogens is 3. The minimum Gasteiger partial charge on any atom is -0.492 e. The number of aliphatic hydroxyl groups excluding tert-OH is 1. The zero-order valence-corrected chi connectivity index (χ0v) is 25.3. The van der Waals surface area contributed by atoms with Gasteiger partial charge in [0, 0.05) is 31.2 Å². The van der Waals surface area contributed by atoms with Crippen molar-refractivity contribution in [1.82, 2.24) is 25.2 Å². The lowest BCUT2D eigenvalue weighted by molar-refractivity contribution is 0.0523. The van der Waals surface area contributed by atoms with Gasteiger partial charge in [-0.2, -0.15) is 5.10 Å². The Bertz CT molecular complexity index is 1120. The first-order chi connectivity index (χ1) is 18.5. The molecule has 3 N–H and O–H groups in total. The number of benzene rings is 1. The third-order valence-corrected chi connectivity index (χ3v) is 5.19. The molecule has 0 saturated heterocycles. The molecule has 0 fully saturated rings. The van der Waals surface area contributed by atoms with Gasteiger partial charge in [0.25, 0.3) is 0 Å². The summed E-state index contributed by atoms with van der Waals surface area (Å²) in [5.41, 5.74) is 4.07. The molecule has 0 bridgehead atoms. The van der Waals surface area contributed by atoms with Crippen molar-refractivity contribution in [2.45, 2.75) is 80.9 Å². The molecule has 0 aliphatic heterocycles. The molecule has 0 unspecified atom stereocenters. The Balaban J connectivity index is 0.000000735. The molecule has 0 aliphatic rings. The number of aryl methyl sites for hydroxylation is 1. The quantitative estimate of drug-likeness (QED) is 0.279. The van der Waals surface area contributed by atoms with E-state index >= 15 is 0 Å². The molecule has 1 amide bonds. The Morgan fingerprint density at radius 2 is 1.90 bits per heavy atom. The van der Waals surface area contributed by atoms with Gasteiger partial charge in [0.15, 0.2) is 0 Å². The maximum atomic E-state index is 11.9. The number of alkyl carbamates (subject to hydrolysis) is 1. The van der Waals surface area contributed by atoms with Crippen LogP contribution >= 0.6 is 0 Å². The fourth-order valence-corrected chi connectivity index (χ4v) is 3.42. The highest BCUT2D eigenvalue weighted by Gasteiger charge is 2.16. The highest BCUT2D eigenvalue weighted by molar-refractivity contribution is 5.78. The van der Waals surface area contributed by atoms with Crippen molar-refractivity contribution in [1.29, 1.82) is 0 Å². The number of hydrogen-bond acceptors (Lipinski definition) is 7. The molecule has 0 aliphatic carbocycles. The van der Waals surface area contributed by atoms with Crippen LogP contribution in [0.5, 0.6) is 5.75 Å². The summed E-state index contributed by atoms with van der Waals surface area (Å²) in [7, 11) is 0. The highest BCUT2D eigenvalue weighted by Crippen LogP contribution is 2.27. The number of nitrogens with one attached hydrogen (secondary N) is 2. The summed E-state index contributed by atoms with van der Waals surface area (Å²) in [6, 6.07) is 7.87. The second kappa shape index (κ2) is 17.4. The predicted molar refractivity (Wildman–Crippen MR) is 158 cm³/mol. The summed E-state index contributed by atoms with van der Waals surface area (Å²) in [6.45, 7) is 21.2. The maximum absolute atomic E-state index is 11.9. The Morgan fingerprint density at radius 3 is 2.46 bits per heavy atom. The van der Waals surface area contributed by atoms with Crippen LogP contribution in [0.15, 0.2) is 36.8 Å². The lowest BCUT2D eigenvalue weighted by atomic mass is 10.0. The monoisotopic (exact) mass is 543 g/mol. The number of ether oxygens (including phenoxy) is 2. The van der Waals surface area contributed by atoms with E-state index in [0.717, 1.165) is 46.9 Å². The molecule has 2 aromatic heterocycles. The van der Waals surface area contributed by atoms with Crippen molar-refractivity contribution in [3.05, 3.63) is 47.9 Å². The molecule has 218 valence electrons. The Hall–Kier alpha value is -3.17. The van der Waals surface area contributed by atoms with E-state index in [1.165, 1.54) is 6.33 Å². The number of aliphatic hydroxyl groups is 1. The summed E-state index contributed by atoms with van der Waals surface area (Å²) >= 11 is 0. The lowest BCUT2D eigenvalue weighted by Crippen LogP contribution is -2.32. The van der Waals surface area contributed by atoms with E-state index < -0.39 is 11.7 Å². The number of carbonyl (C=O) groups is 1. The SMILES string of the molecule is CC.CCNCC(C)C.Cc1cc(-c2ncnn3cc(OCCCO)cc23)ccc1CNC(=O)OC(C)(C)C. The van der Waals surface area contributed by atoms with Crippen LogP contribution in [0.25, 0.3) is 16.8 Å². The highest BCUT2D eigenvalue weighted by atomic mass is 16.6. The van der Waals surface area contributed by atoms with Crippen LogP contribution in [0.3, 0.4) is 0 Å². The molecular weight excluding hydrogens is 494 g/mol. The number of hydrogen-bond donors (Lipinski definition) is 3. The first-order valence-electron chi connectivity index (χ1n) is 13.9. The molecular formula is C30H49N5O4. The van der Waals surface area contributed by atoms with Crippen molar-refractivity contribution >= 4 is 11.6 Å². The third kappa shape index (κ3) is 12.5. The minimum absolute atomic E-state index is 0.0901. The number of fused-ring (bicyclic) bond motifs is 1. The molecule has 3 aromatic rings. The van der Waals surface area contributed by atoms with Gasteiger partial charge in [-0.05, 0) is 63.9 Å². The summed E-state index contributed by atoms with van der Waals surface area (Å²) in [5.74, 6) is 1.47. The van der Waals surface area contributed by atoms with E-state index in [0.29, 0.717) is 25.3 Å². The molecule has 9 heteroatoms. The molecule has 0 radical (unpaired) electrons. The van der Waals surface area contributed by atoms with Gasteiger partial charge < -0.3 is 25.2 Å². The molecule has 2 heterocycles. The van der Waals surface area contributed by atoms with E-state index in [2.05, 4.69) is 41.5 Å². The van der Waals surface area contributed by atoms with E-state index in [1.54, 1.807) is 10.7 Å². The largest absolute Gasteiger partial charge is 0.492 e. The van der Waals surface area contributed by atoms with Crippen molar-refractivity contribution in [2.75, 3.05) is 26.3 Å². The van der Waals surface area contributed by atoms with Crippen LogP contribution in [0.4, 0.5) is 4.79 Å². The van der Waals surface area contributed by atoms with Crippen LogP contribution in [0.2, 0.25) is 0 Å². The Kier molecular flexibility index (Phi) is 15.1. The topological polar surface area (TPSA) is 110 Å². The van der Waals surface area contributed by atoms with Crippen molar-refractivity contribution < 1.29 is 19.4 Å². The number of amides is 1. The average molecular weight is 544 g/mol. The first kappa shape index (κ1) is 33.9. The van der Waals surface area contributed by atoms with Gasteiger partial charge in [-0.3, -0.25) is 0 Å². The Morgan fingerprint density at radius 1 is 1.18 bits per heavy atom. The summed E-state index contributed by atoms with van der Waals surface area (Å²) in [4.78, 5) is 16.4. The third-order valence-electron chi connectivity index (χ3n) is 5.19. The van der Waals surface area contributed by atoms with E-state index in [4.69, 9.17) is 14.6 Å². The molecule has 1 aromatic carbocycles. The van der Waals surface area contributed by atoms with Crippen LogP contribution in [-0.2, 0) is 11.3 Å². The van der Waals surface area contributed by atoms with Gasteiger partial charge >= 0.3 is 6.09 Å². The van der Waals surface area contributed by atoms with E-state index in [9.17, 15) is 4.79 Å². The number of rotatable bonds is 10. The van der Waals surface area contributed by atoms with Gasteiger partial charge in [-0.25, -0.2) is 14.3 Å². The van der Waals surface area contributed by atoms with Gasteiger partial charge in [-0.15, -0.1) is 0 Å². The second-order valence-corrected chi connectivity index (χ2v) is 10.2. The summed E-state index contributed by atoms with van der Waals surface area (Å²) in [6.07, 6.45) is 3.44. The van der Waals surface area contributed by atoms with Gasteiger partial charge in [0.1, 0.15) is 17.7 Å². The minimum atomic E-state index is -0.529. The van der Waals surface area contributed by atoms with Gasteiger partial charge in [0.05, 0.1) is 24.0 Å². The van der Waals surface area contributed by atoms with Crippen molar-refractivity contribution in [3.63, 3.8) is 0 Å². The first-order valence-corrected chi connectivity index (χ1v) is 13.9. The van der Waals surface area contributed by atoms with E-state index in [1.807, 2.05) is 65.8 Å². The van der Waals surface area contributed by atoms with Gasteiger partial charge in [-0.1, -0.05) is 46.8 Å². The molecule has 0 spiro atoms. The fraction of sp³-hybridized carbons (Fsp3) is 0.567. The van der Waals surface area contributed by atoms with Crippen LogP contribution in [0, 0.1) is 12.8 Å². The normalized spacial score (nSPS) is 10.8. The predicted octanol–water partition coefficient (Wildman–Crippen LogP) is 5.77. The molecule has 9 nitrogen and oxygen atoms in total. The zero-order chi connectivity index (χ0) is 29.4.